The van der Waals surface area contributed by atoms with Gasteiger partial charge >= 0.3 is 12.2 Å². The van der Waals surface area contributed by atoms with E-state index in [4.69, 9.17) is 0 Å². The van der Waals surface area contributed by atoms with E-state index in [1.54, 1.807) is 0 Å². The second-order valence-corrected chi connectivity index (χ2v) is 6.45. The highest BCUT2D eigenvalue weighted by Gasteiger charge is 2.33. The number of nitrogens with zero attached hydrogens (tertiary/aromatic N) is 1. The fraction of sp³-hybridized carbons (Fsp3) is 0.588. The van der Waals surface area contributed by atoms with Crippen molar-refractivity contribution in [2.75, 3.05) is 25.0 Å². The summed E-state index contributed by atoms with van der Waals surface area (Å²) in [6, 6.07) is 4.49. The maximum atomic E-state index is 12.9. The fourth-order valence-electron chi connectivity index (χ4n) is 2.84. The van der Waals surface area contributed by atoms with E-state index in [1.807, 2.05) is 6.92 Å². The fourth-order valence-corrected chi connectivity index (χ4v) is 2.84. The first kappa shape index (κ1) is 18.6. The molecule has 1 heterocycles. The van der Waals surface area contributed by atoms with Gasteiger partial charge in [0.1, 0.15) is 0 Å². The molecule has 0 spiro atoms. The standard InChI is InChI=1S/C17H24F3N3O/c1-12-7-9-23(10-8-12)13(2)11-21-16(24)22-15-6-4-3-5-14(15)17(18,19)20/h3-6,12-13H,7-11H2,1-2H3,(H2,21,22,24)/t13-/m0/s1. The van der Waals surface area contributed by atoms with Gasteiger partial charge in [0.15, 0.2) is 0 Å². The normalized spacial score (nSPS) is 18.2. The summed E-state index contributed by atoms with van der Waals surface area (Å²) >= 11 is 0. The van der Waals surface area contributed by atoms with Crippen LogP contribution in [0.15, 0.2) is 24.3 Å². The molecule has 2 rings (SSSR count). The van der Waals surface area contributed by atoms with Crippen LogP contribution >= 0.6 is 0 Å². The van der Waals surface area contributed by atoms with Crippen LogP contribution in [-0.2, 0) is 6.18 Å². The molecule has 1 saturated heterocycles. The van der Waals surface area contributed by atoms with Gasteiger partial charge in [-0.05, 0) is 50.9 Å². The van der Waals surface area contributed by atoms with E-state index in [0.29, 0.717) is 6.54 Å². The van der Waals surface area contributed by atoms with E-state index in [1.165, 1.54) is 18.2 Å². The number of para-hydroxylation sites is 1. The first-order valence-electron chi connectivity index (χ1n) is 8.22. The van der Waals surface area contributed by atoms with Crippen molar-refractivity contribution >= 4 is 11.7 Å². The third-order valence-electron chi connectivity index (χ3n) is 4.48. The van der Waals surface area contributed by atoms with Crippen LogP contribution in [0.4, 0.5) is 23.7 Å². The number of anilines is 1. The van der Waals surface area contributed by atoms with Crippen molar-refractivity contribution in [3.63, 3.8) is 0 Å². The summed E-state index contributed by atoms with van der Waals surface area (Å²) in [6.07, 6.45) is -2.23. The minimum Gasteiger partial charge on any atom is -0.336 e. The highest BCUT2D eigenvalue weighted by atomic mass is 19.4. The van der Waals surface area contributed by atoms with Gasteiger partial charge in [-0.1, -0.05) is 19.1 Å². The monoisotopic (exact) mass is 343 g/mol. The third kappa shape index (κ3) is 5.12. The summed E-state index contributed by atoms with van der Waals surface area (Å²) in [5.74, 6) is 0.726. The lowest BCUT2D eigenvalue weighted by molar-refractivity contribution is -0.136. The number of hydrogen-bond donors (Lipinski definition) is 2. The molecule has 2 N–H and O–H groups in total. The number of benzene rings is 1. The van der Waals surface area contributed by atoms with Gasteiger partial charge in [-0.3, -0.25) is 4.90 Å². The number of urea groups is 1. The average Bonchev–Trinajstić information content (AvgIpc) is 2.53. The van der Waals surface area contributed by atoms with Crippen LogP contribution < -0.4 is 10.6 Å². The molecular formula is C17H24F3N3O. The Kier molecular flexibility index (Phi) is 6.10. The van der Waals surface area contributed by atoms with Crippen molar-refractivity contribution in [1.82, 2.24) is 10.2 Å². The number of rotatable bonds is 4. The number of alkyl halides is 3. The summed E-state index contributed by atoms with van der Waals surface area (Å²) in [5, 5.41) is 4.95. The lowest BCUT2D eigenvalue weighted by Gasteiger charge is -2.35. The second-order valence-electron chi connectivity index (χ2n) is 6.45. The molecular weight excluding hydrogens is 319 g/mol. The first-order chi connectivity index (χ1) is 11.3. The molecule has 0 aromatic heterocycles. The Balaban J connectivity index is 1.86. The lowest BCUT2D eigenvalue weighted by atomic mass is 9.98. The Hall–Kier alpha value is -1.76. The van der Waals surface area contributed by atoms with Crippen molar-refractivity contribution in [2.24, 2.45) is 5.92 Å². The van der Waals surface area contributed by atoms with E-state index >= 15 is 0 Å². The number of carbonyl (C=O) groups is 1. The van der Waals surface area contributed by atoms with Crippen LogP contribution in [0.3, 0.4) is 0 Å². The molecule has 0 saturated carbocycles. The van der Waals surface area contributed by atoms with E-state index in [-0.39, 0.29) is 11.7 Å². The van der Waals surface area contributed by atoms with Crippen LogP contribution in [-0.4, -0.2) is 36.6 Å². The van der Waals surface area contributed by atoms with Gasteiger partial charge in [0.05, 0.1) is 11.3 Å². The maximum Gasteiger partial charge on any atom is 0.418 e. The molecule has 0 unspecified atom stereocenters. The van der Waals surface area contributed by atoms with Gasteiger partial charge in [0.2, 0.25) is 0 Å². The number of hydrogen-bond acceptors (Lipinski definition) is 2. The molecule has 0 bridgehead atoms. The first-order valence-corrected chi connectivity index (χ1v) is 8.22. The zero-order valence-electron chi connectivity index (χ0n) is 14.0. The zero-order chi connectivity index (χ0) is 17.7. The molecule has 1 aliphatic rings. The topological polar surface area (TPSA) is 44.4 Å². The predicted molar refractivity (Wildman–Crippen MR) is 87.9 cm³/mol. The maximum absolute atomic E-state index is 12.9. The van der Waals surface area contributed by atoms with Crippen LogP contribution in [0.2, 0.25) is 0 Å². The quantitative estimate of drug-likeness (QED) is 0.869. The zero-order valence-corrected chi connectivity index (χ0v) is 14.0. The Labute approximate surface area is 140 Å². The Morgan fingerprint density at radius 3 is 2.54 bits per heavy atom. The number of nitrogens with one attached hydrogen (secondary N) is 2. The molecule has 0 aliphatic carbocycles. The SMILES string of the molecule is CC1CCN([C@@H](C)CNC(=O)Nc2ccccc2C(F)(F)F)CC1. The van der Waals surface area contributed by atoms with Crippen molar-refractivity contribution in [1.29, 1.82) is 0 Å². The molecule has 0 radical (unpaired) electrons. The number of piperidine rings is 1. The molecule has 24 heavy (non-hydrogen) atoms. The van der Waals surface area contributed by atoms with Gasteiger partial charge in [-0.15, -0.1) is 0 Å². The molecule has 2 amide bonds. The molecule has 1 aliphatic heterocycles. The molecule has 7 heteroatoms. The third-order valence-corrected chi connectivity index (χ3v) is 4.48. The molecule has 134 valence electrons. The molecule has 1 aromatic rings. The Bertz CT molecular complexity index is 554. The van der Waals surface area contributed by atoms with Crippen molar-refractivity contribution in [3.05, 3.63) is 29.8 Å². The number of halogens is 3. The highest BCUT2D eigenvalue weighted by molar-refractivity contribution is 5.90. The molecule has 4 nitrogen and oxygen atoms in total. The van der Waals surface area contributed by atoms with Crippen molar-refractivity contribution in [3.8, 4) is 0 Å². The number of carbonyl (C=O) groups excluding carboxylic acids is 1. The van der Waals surface area contributed by atoms with Gasteiger partial charge < -0.3 is 10.6 Å². The van der Waals surface area contributed by atoms with Gasteiger partial charge in [0.25, 0.3) is 0 Å². The van der Waals surface area contributed by atoms with Crippen LogP contribution in [0.5, 0.6) is 0 Å². The van der Waals surface area contributed by atoms with Gasteiger partial charge in [-0.2, -0.15) is 13.2 Å². The molecule has 1 aromatic carbocycles. The highest BCUT2D eigenvalue weighted by Crippen LogP contribution is 2.34. The summed E-state index contributed by atoms with van der Waals surface area (Å²) in [7, 11) is 0. The number of likely N-dealkylation sites (tertiary alicyclic amines) is 1. The van der Waals surface area contributed by atoms with E-state index in [0.717, 1.165) is 37.9 Å². The Morgan fingerprint density at radius 1 is 1.29 bits per heavy atom. The van der Waals surface area contributed by atoms with Gasteiger partial charge in [0, 0.05) is 12.6 Å². The summed E-state index contributed by atoms with van der Waals surface area (Å²) in [6.45, 7) is 6.62. The van der Waals surface area contributed by atoms with Crippen molar-refractivity contribution in [2.45, 2.75) is 38.9 Å². The minimum absolute atomic E-state index is 0.154. The molecule has 1 fully saturated rings. The summed E-state index contributed by atoms with van der Waals surface area (Å²) in [5.41, 5.74) is -1.08. The lowest BCUT2D eigenvalue weighted by Crippen LogP contribution is -2.46. The molecule has 1 atom stereocenters. The van der Waals surface area contributed by atoms with Crippen LogP contribution in [0.1, 0.15) is 32.3 Å². The number of amides is 2. The Morgan fingerprint density at radius 2 is 1.92 bits per heavy atom. The average molecular weight is 343 g/mol. The van der Waals surface area contributed by atoms with E-state index < -0.39 is 17.8 Å². The second kappa shape index (κ2) is 7.88. The summed E-state index contributed by atoms with van der Waals surface area (Å²) < 4.78 is 38.7. The van der Waals surface area contributed by atoms with E-state index in [9.17, 15) is 18.0 Å². The predicted octanol–water partition coefficient (Wildman–Crippen LogP) is 3.95. The van der Waals surface area contributed by atoms with Crippen LogP contribution in [0, 0.1) is 5.92 Å². The van der Waals surface area contributed by atoms with Gasteiger partial charge in [-0.25, -0.2) is 4.79 Å². The van der Waals surface area contributed by atoms with Crippen molar-refractivity contribution < 1.29 is 18.0 Å². The largest absolute Gasteiger partial charge is 0.418 e. The smallest absolute Gasteiger partial charge is 0.336 e. The van der Waals surface area contributed by atoms with E-state index in [2.05, 4.69) is 22.5 Å². The summed E-state index contributed by atoms with van der Waals surface area (Å²) in [4.78, 5) is 14.2. The van der Waals surface area contributed by atoms with Crippen LogP contribution in [0.25, 0.3) is 0 Å². The minimum atomic E-state index is -4.50.